The van der Waals surface area contributed by atoms with E-state index in [-0.39, 0.29) is 18.0 Å². The zero-order valence-electron chi connectivity index (χ0n) is 13.2. The van der Waals surface area contributed by atoms with Gasteiger partial charge in [0, 0.05) is 5.92 Å². The van der Waals surface area contributed by atoms with Gasteiger partial charge in [0.25, 0.3) is 0 Å². The van der Waals surface area contributed by atoms with E-state index in [1.54, 1.807) is 0 Å². The molecule has 1 heterocycles. The zero-order valence-corrected chi connectivity index (χ0v) is 13.2. The van der Waals surface area contributed by atoms with E-state index in [1.165, 1.54) is 70.6 Å². The summed E-state index contributed by atoms with van der Waals surface area (Å²) >= 11 is 0. The second-order valence-corrected chi connectivity index (χ2v) is 6.79. The summed E-state index contributed by atoms with van der Waals surface area (Å²) in [7, 11) is 0. The number of carbonyl (C=O) groups is 1. The second-order valence-electron chi connectivity index (χ2n) is 6.79. The average molecular weight is 280 g/mol. The third-order valence-electron chi connectivity index (χ3n) is 5.21. The summed E-state index contributed by atoms with van der Waals surface area (Å²) in [5, 5.41) is 0. The van der Waals surface area contributed by atoms with Crippen molar-refractivity contribution < 1.29 is 9.53 Å². The third-order valence-corrected chi connectivity index (χ3v) is 5.21. The summed E-state index contributed by atoms with van der Waals surface area (Å²) in [6, 6.07) is 0. The fraction of sp³-hybridized carbons (Fsp3) is 0.944. The molecular formula is C18H32O2. The molecule has 0 aromatic carbocycles. The second kappa shape index (κ2) is 8.69. The van der Waals surface area contributed by atoms with Crippen LogP contribution in [0.15, 0.2) is 0 Å². The molecule has 1 aliphatic carbocycles. The van der Waals surface area contributed by atoms with Gasteiger partial charge in [-0.3, -0.25) is 4.79 Å². The molecule has 2 nitrogen and oxygen atoms in total. The minimum absolute atomic E-state index is 0.105. The van der Waals surface area contributed by atoms with Gasteiger partial charge in [0.1, 0.15) is 6.10 Å². The summed E-state index contributed by atoms with van der Waals surface area (Å²) < 4.78 is 5.56. The number of hydrogen-bond acceptors (Lipinski definition) is 2. The molecule has 2 fully saturated rings. The van der Waals surface area contributed by atoms with E-state index in [4.69, 9.17) is 4.74 Å². The van der Waals surface area contributed by atoms with Crippen molar-refractivity contribution in [1.29, 1.82) is 0 Å². The van der Waals surface area contributed by atoms with Gasteiger partial charge in [0.05, 0.1) is 5.92 Å². The van der Waals surface area contributed by atoms with Crippen molar-refractivity contribution in [2.24, 2.45) is 11.8 Å². The quantitative estimate of drug-likeness (QED) is 0.403. The van der Waals surface area contributed by atoms with Gasteiger partial charge in [0.2, 0.25) is 0 Å². The Morgan fingerprint density at radius 1 is 0.950 bits per heavy atom. The molecule has 20 heavy (non-hydrogen) atoms. The molecule has 2 rings (SSSR count). The molecule has 116 valence electrons. The molecule has 2 heteroatoms. The Hall–Kier alpha value is -0.530. The zero-order chi connectivity index (χ0) is 14.2. The van der Waals surface area contributed by atoms with Crippen molar-refractivity contribution in [3.63, 3.8) is 0 Å². The Morgan fingerprint density at radius 2 is 1.60 bits per heavy atom. The topological polar surface area (TPSA) is 26.3 Å². The standard InChI is InChI=1S/C18H32O2/c1-2-3-4-5-6-7-8-9-10-14-17-15-12-11-13-16(15)18(19)20-17/h15-17H,2-14H2,1H3/t15-,16+,17+/m1/s1. The van der Waals surface area contributed by atoms with Gasteiger partial charge in [-0.05, 0) is 25.7 Å². The van der Waals surface area contributed by atoms with Crippen LogP contribution in [0, 0.1) is 11.8 Å². The van der Waals surface area contributed by atoms with Crippen molar-refractivity contribution in [2.45, 2.75) is 96.5 Å². The van der Waals surface area contributed by atoms with Gasteiger partial charge < -0.3 is 4.74 Å². The highest BCUT2D eigenvalue weighted by Crippen LogP contribution is 2.42. The molecular weight excluding hydrogens is 248 g/mol. The summed E-state index contributed by atoms with van der Waals surface area (Å²) in [6.45, 7) is 2.27. The fourth-order valence-corrected chi connectivity index (χ4v) is 3.98. The first-order valence-electron chi connectivity index (χ1n) is 9.03. The SMILES string of the molecule is CCCCCCCCCCC[C@@H]1OC(=O)[C@H]2CCC[C@@H]12. The lowest BCUT2D eigenvalue weighted by molar-refractivity contribution is -0.144. The van der Waals surface area contributed by atoms with E-state index >= 15 is 0 Å². The highest BCUT2D eigenvalue weighted by Gasteiger charge is 2.46. The monoisotopic (exact) mass is 280 g/mol. The Labute approximate surface area is 124 Å². The van der Waals surface area contributed by atoms with Crippen molar-refractivity contribution in [3.05, 3.63) is 0 Å². The Kier molecular flexibility index (Phi) is 6.89. The van der Waals surface area contributed by atoms with Crippen molar-refractivity contribution in [3.8, 4) is 0 Å². The van der Waals surface area contributed by atoms with E-state index in [0.717, 1.165) is 12.8 Å². The van der Waals surface area contributed by atoms with E-state index in [9.17, 15) is 4.79 Å². The first kappa shape index (κ1) is 15.9. The minimum Gasteiger partial charge on any atom is -0.462 e. The Balaban J connectivity index is 1.46. The maximum atomic E-state index is 11.7. The van der Waals surface area contributed by atoms with Crippen LogP contribution in [0.4, 0.5) is 0 Å². The van der Waals surface area contributed by atoms with Crippen molar-refractivity contribution in [2.75, 3.05) is 0 Å². The van der Waals surface area contributed by atoms with Gasteiger partial charge in [-0.15, -0.1) is 0 Å². The molecule has 3 atom stereocenters. The first-order chi connectivity index (χ1) is 9.83. The lowest BCUT2D eigenvalue weighted by Gasteiger charge is -2.15. The molecule has 0 N–H and O–H groups in total. The maximum Gasteiger partial charge on any atom is 0.309 e. The normalized spacial score (nSPS) is 28.6. The first-order valence-corrected chi connectivity index (χ1v) is 9.03. The summed E-state index contributed by atoms with van der Waals surface area (Å²) in [5.41, 5.74) is 0. The largest absolute Gasteiger partial charge is 0.462 e. The number of rotatable bonds is 10. The fourth-order valence-electron chi connectivity index (χ4n) is 3.98. The van der Waals surface area contributed by atoms with Gasteiger partial charge in [-0.2, -0.15) is 0 Å². The predicted octanol–water partition coefficient (Wildman–Crippen LogP) is 5.25. The van der Waals surface area contributed by atoms with Crippen LogP contribution in [-0.4, -0.2) is 12.1 Å². The lowest BCUT2D eigenvalue weighted by Crippen LogP contribution is -2.16. The molecule has 1 aliphatic heterocycles. The highest BCUT2D eigenvalue weighted by atomic mass is 16.6. The maximum absolute atomic E-state index is 11.7. The number of cyclic esters (lactones) is 1. The van der Waals surface area contributed by atoms with Gasteiger partial charge >= 0.3 is 5.97 Å². The number of carbonyl (C=O) groups excluding carboxylic acids is 1. The molecule has 2 aliphatic rings. The minimum atomic E-state index is 0.105. The lowest BCUT2D eigenvalue weighted by atomic mass is 9.91. The van der Waals surface area contributed by atoms with Crippen LogP contribution in [0.25, 0.3) is 0 Å². The van der Waals surface area contributed by atoms with Crippen LogP contribution in [0.1, 0.15) is 90.4 Å². The summed E-state index contributed by atoms with van der Waals surface area (Å²) in [4.78, 5) is 11.7. The molecule has 1 saturated carbocycles. The van der Waals surface area contributed by atoms with Crippen LogP contribution >= 0.6 is 0 Å². The molecule has 0 unspecified atom stereocenters. The molecule has 0 spiro atoms. The summed E-state index contributed by atoms with van der Waals surface area (Å²) in [6.07, 6.45) is 17.2. The third kappa shape index (κ3) is 4.49. The number of fused-ring (bicyclic) bond motifs is 1. The van der Waals surface area contributed by atoms with Gasteiger partial charge in [-0.1, -0.05) is 64.7 Å². The van der Waals surface area contributed by atoms with Crippen LogP contribution < -0.4 is 0 Å². The average Bonchev–Trinajstić information content (AvgIpc) is 3.02. The van der Waals surface area contributed by atoms with Crippen molar-refractivity contribution in [1.82, 2.24) is 0 Å². The van der Waals surface area contributed by atoms with Crippen LogP contribution in [0.2, 0.25) is 0 Å². The number of unbranched alkanes of at least 4 members (excludes halogenated alkanes) is 8. The van der Waals surface area contributed by atoms with Crippen LogP contribution in [0.3, 0.4) is 0 Å². The molecule has 0 aromatic heterocycles. The number of ether oxygens (including phenoxy) is 1. The van der Waals surface area contributed by atoms with Gasteiger partial charge in [-0.25, -0.2) is 0 Å². The van der Waals surface area contributed by atoms with Crippen LogP contribution in [-0.2, 0) is 9.53 Å². The van der Waals surface area contributed by atoms with E-state index < -0.39 is 0 Å². The number of hydrogen-bond donors (Lipinski definition) is 0. The van der Waals surface area contributed by atoms with Crippen molar-refractivity contribution >= 4 is 5.97 Å². The van der Waals surface area contributed by atoms with E-state index in [0.29, 0.717) is 5.92 Å². The molecule has 0 radical (unpaired) electrons. The molecule has 0 aromatic rings. The van der Waals surface area contributed by atoms with E-state index in [1.807, 2.05) is 0 Å². The Morgan fingerprint density at radius 3 is 2.30 bits per heavy atom. The smallest absolute Gasteiger partial charge is 0.309 e. The molecule has 1 saturated heterocycles. The predicted molar refractivity (Wildman–Crippen MR) is 82.6 cm³/mol. The highest BCUT2D eigenvalue weighted by molar-refractivity contribution is 5.75. The van der Waals surface area contributed by atoms with Crippen LogP contribution in [0.5, 0.6) is 0 Å². The van der Waals surface area contributed by atoms with E-state index in [2.05, 4.69) is 6.92 Å². The molecule has 0 bridgehead atoms. The number of esters is 1. The van der Waals surface area contributed by atoms with Gasteiger partial charge in [0.15, 0.2) is 0 Å². The Bertz CT molecular complexity index is 287. The molecule has 0 amide bonds. The summed E-state index contributed by atoms with van der Waals surface area (Å²) in [5.74, 6) is 0.934.